The molecule has 0 aliphatic rings. The molecule has 148 valence electrons. The van der Waals surface area contributed by atoms with E-state index in [0.717, 1.165) is 5.56 Å². The zero-order valence-electron chi connectivity index (χ0n) is 16.2. The number of fused-ring (bicyclic) bond motifs is 1. The van der Waals surface area contributed by atoms with E-state index in [-0.39, 0.29) is 5.56 Å². The molecular formula is C23H24F3NO. The van der Waals surface area contributed by atoms with Crippen LogP contribution in [0.2, 0.25) is 0 Å². The molecule has 0 aliphatic heterocycles. The van der Waals surface area contributed by atoms with Crippen LogP contribution in [0.25, 0.3) is 10.9 Å². The second-order valence-corrected chi connectivity index (χ2v) is 8.01. The first-order valence-electron chi connectivity index (χ1n) is 9.24. The molecule has 0 saturated heterocycles. The lowest BCUT2D eigenvalue weighted by atomic mass is 9.65. The third-order valence-electron chi connectivity index (χ3n) is 5.79. The number of halogens is 3. The molecular weight excluding hydrogens is 363 g/mol. The van der Waals surface area contributed by atoms with Crippen molar-refractivity contribution in [3.8, 4) is 0 Å². The summed E-state index contributed by atoms with van der Waals surface area (Å²) in [4.78, 5) is 4.15. The minimum absolute atomic E-state index is 0.153. The predicted octanol–water partition coefficient (Wildman–Crippen LogP) is 5.89. The average molecular weight is 387 g/mol. The van der Waals surface area contributed by atoms with E-state index in [1.807, 2.05) is 30.3 Å². The normalized spacial score (nSPS) is 16.0. The summed E-state index contributed by atoms with van der Waals surface area (Å²) in [6, 6.07) is 17.3. The molecule has 1 aromatic heterocycles. The minimum Gasteiger partial charge on any atom is -0.376 e. The number of hydrogen-bond donors (Lipinski definition) is 1. The molecule has 3 aromatic rings. The standard InChI is InChI=1S/C23H24F3NO/c1-16(21(2,3)15-17-9-5-4-6-10-17)22(28,23(24,25)26)19-13-14-27-20-12-8-7-11-18(19)20/h4-14,16,28H,15H2,1-3H3. The Kier molecular flexibility index (Phi) is 5.24. The summed E-state index contributed by atoms with van der Waals surface area (Å²) in [7, 11) is 0. The minimum atomic E-state index is -4.84. The van der Waals surface area contributed by atoms with Crippen molar-refractivity contribution in [2.45, 2.75) is 39.0 Å². The van der Waals surface area contributed by atoms with E-state index < -0.39 is 23.1 Å². The van der Waals surface area contributed by atoms with Crippen molar-refractivity contribution in [3.63, 3.8) is 0 Å². The van der Waals surface area contributed by atoms with Gasteiger partial charge in [0.05, 0.1) is 5.52 Å². The van der Waals surface area contributed by atoms with Crippen molar-refractivity contribution in [2.75, 3.05) is 0 Å². The van der Waals surface area contributed by atoms with Gasteiger partial charge in [0, 0.05) is 23.1 Å². The first-order valence-corrected chi connectivity index (χ1v) is 9.24. The number of aromatic nitrogens is 1. The highest BCUT2D eigenvalue weighted by atomic mass is 19.4. The van der Waals surface area contributed by atoms with Gasteiger partial charge in [-0.3, -0.25) is 4.98 Å². The van der Waals surface area contributed by atoms with Gasteiger partial charge in [0.1, 0.15) is 0 Å². The summed E-state index contributed by atoms with van der Waals surface area (Å²) in [6.45, 7) is 5.02. The lowest BCUT2D eigenvalue weighted by molar-refractivity contribution is -0.296. The van der Waals surface area contributed by atoms with Gasteiger partial charge in [-0.1, -0.05) is 69.3 Å². The maximum atomic E-state index is 14.4. The Morgan fingerprint density at radius 2 is 1.54 bits per heavy atom. The van der Waals surface area contributed by atoms with E-state index in [4.69, 9.17) is 0 Å². The van der Waals surface area contributed by atoms with Gasteiger partial charge in [-0.25, -0.2) is 0 Å². The number of hydrogen-bond acceptors (Lipinski definition) is 2. The van der Waals surface area contributed by atoms with Gasteiger partial charge in [0.15, 0.2) is 5.60 Å². The molecule has 0 amide bonds. The highest BCUT2D eigenvalue weighted by Crippen LogP contribution is 2.52. The van der Waals surface area contributed by atoms with Crippen LogP contribution >= 0.6 is 0 Å². The first-order chi connectivity index (χ1) is 13.1. The van der Waals surface area contributed by atoms with E-state index in [1.165, 1.54) is 19.2 Å². The zero-order valence-corrected chi connectivity index (χ0v) is 16.2. The van der Waals surface area contributed by atoms with Crippen molar-refractivity contribution < 1.29 is 18.3 Å². The van der Waals surface area contributed by atoms with Gasteiger partial charge in [-0.15, -0.1) is 0 Å². The van der Waals surface area contributed by atoms with Crippen molar-refractivity contribution in [2.24, 2.45) is 11.3 Å². The van der Waals surface area contributed by atoms with Gasteiger partial charge in [0.25, 0.3) is 0 Å². The average Bonchev–Trinajstić information content (AvgIpc) is 2.66. The third kappa shape index (κ3) is 3.51. The number of benzene rings is 2. The number of aliphatic hydroxyl groups is 1. The third-order valence-corrected chi connectivity index (χ3v) is 5.79. The fourth-order valence-corrected chi connectivity index (χ4v) is 3.90. The summed E-state index contributed by atoms with van der Waals surface area (Å²) in [5, 5.41) is 11.6. The van der Waals surface area contributed by atoms with Crippen molar-refractivity contribution in [1.29, 1.82) is 0 Å². The summed E-state index contributed by atoms with van der Waals surface area (Å²) < 4.78 is 43.1. The van der Waals surface area contributed by atoms with Gasteiger partial charge < -0.3 is 5.11 Å². The quantitative estimate of drug-likeness (QED) is 0.592. The lowest BCUT2D eigenvalue weighted by Crippen LogP contribution is -2.52. The Labute approximate surface area is 163 Å². The Balaban J connectivity index is 2.13. The van der Waals surface area contributed by atoms with E-state index in [9.17, 15) is 18.3 Å². The Morgan fingerprint density at radius 3 is 2.18 bits per heavy atom. The van der Waals surface area contributed by atoms with Crippen LogP contribution in [0.5, 0.6) is 0 Å². The molecule has 2 atom stereocenters. The molecule has 0 radical (unpaired) electrons. The van der Waals surface area contributed by atoms with Crippen LogP contribution in [0, 0.1) is 11.3 Å². The number of alkyl halides is 3. The summed E-state index contributed by atoms with van der Waals surface area (Å²) in [5.41, 5.74) is -2.62. The van der Waals surface area contributed by atoms with E-state index in [1.54, 1.807) is 38.1 Å². The van der Waals surface area contributed by atoms with Crippen LogP contribution in [0.4, 0.5) is 13.2 Å². The largest absolute Gasteiger partial charge is 0.421 e. The molecule has 28 heavy (non-hydrogen) atoms. The molecule has 3 rings (SSSR count). The van der Waals surface area contributed by atoms with Crippen LogP contribution in [-0.4, -0.2) is 16.3 Å². The fraction of sp³-hybridized carbons (Fsp3) is 0.348. The second-order valence-electron chi connectivity index (χ2n) is 8.01. The molecule has 1 heterocycles. The van der Waals surface area contributed by atoms with E-state index in [2.05, 4.69) is 4.98 Å². The molecule has 2 unspecified atom stereocenters. The first kappa shape index (κ1) is 20.3. The van der Waals surface area contributed by atoms with Crippen molar-refractivity contribution >= 4 is 10.9 Å². The summed E-state index contributed by atoms with van der Waals surface area (Å²) >= 11 is 0. The molecule has 0 saturated carbocycles. The van der Waals surface area contributed by atoms with E-state index in [0.29, 0.717) is 17.3 Å². The highest BCUT2D eigenvalue weighted by Gasteiger charge is 2.61. The van der Waals surface area contributed by atoms with Gasteiger partial charge in [-0.05, 0) is 29.5 Å². The fourth-order valence-electron chi connectivity index (χ4n) is 3.90. The maximum absolute atomic E-state index is 14.4. The smallest absolute Gasteiger partial charge is 0.376 e. The molecule has 5 heteroatoms. The zero-order chi connectivity index (χ0) is 20.6. The Hall–Kier alpha value is -2.40. The van der Waals surface area contributed by atoms with Gasteiger partial charge >= 0.3 is 6.18 Å². The van der Waals surface area contributed by atoms with E-state index >= 15 is 0 Å². The predicted molar refractivity (Wildman–Crippen MR) is 105 cm³/mol. The van der Waals surface area contributed by atoms with Crippen molar-refractivity contribution in [3.05, 3.63) is 78.0 Å². The molecule has 2 aromatic carbocycles. The van der Waals surface area contributed by atoms with Crippen LogP contribution in [0.1, 0.15) is 31.9 Å². The van der Waals surface area contributed by atoms with Gasteiger partial charge in [-0.2, -0.15) is 13.2 Å². The SMILES string of the molecule is CC(C(C)(C)Cc1ccccc1)C(O)(c1ccnc2ccccc12)C(F)(F)F. The van der Waals surface area contributed by atoms with Crippen LogP contribution < -0.4 is 0 Å². The molecule has 0 bridgehead atoms. The molecule has 0 spiro atoms. The summed E-state index contributed by atoms with van der Waals surface area (Å²) in [5.74, 6) is -1.11. The number of rotatable bonds is 5. The topological polar surface area (TPSA) is 33.1 Å². The highest BCUT2D eigenvalue weighted by molar-refractivity contribution is 5.83. The Bertz CT molecular complexity index is 947. The van der Waals surface area contributed by atoms with Gasteiger partial charge in [0.2, 0.25) is 0 Å². The molecule has 1 N–H and O–H groups in total. The lowest BCUT2D eigenvalue weighted by Gasteiger charge is -2.45. The monoisotopic (exact) mass is 387 g/mol. The van der Waals surface area contributed by atoms with Crippen LogP contribution in [-0.2, 0) is 12.0 Å². The van der Waals surface area contributed by atoms with Crippen molar-refractivity contribution in [1.82, 2.24) is 4.98 Å². The molecule has 0 fully saturated rings. The molecule has 2 nitrogen and oxygen atoms in total. The number of para-hydroxylation sites is 1. The van der Waals surface area contributed by atoms with Crippen LogP contribution in [0.15, 0.2) is 66.9 Å². The Morgan fingerprint density at radius 1 is 0.929 bits per heavy atom. The summed E-state index contributed by atoms with van der Waals surface area (Å²) in [6.07, 6.45) is -3.10. The number of nitrogens with zero attached hydrogens (tertiary/aromatic N) is 1. The maximum Gasteiger partial charge on any atom is 0.421 e. The number of pyridine rings is 1. The second kappa shape index (κ2) is 7.21. The van der Waals surface area contributed by atoms with Crippen LogP contribution in [0.3, 0.4) is 0 Å². The molecule has 0 aliphatic carbocycles.